The van der Waals surface area contributed by atoms with Gasteiger partial charge in [-0.1, -0.05) is 12.1 Å². The highest BCUT2D eigenvalue weighted by Gasteiger charge is 2.46. The first-order valence-corrected chi connectivity index (χ1v) is 9.13. The number of imidazole rings is 1. The van der Waals surface area contributed by atoms with Crippen molar-refractivity contribution in [3.63, 3.8) is 0 Å². The van der Waals surface area contributed by atoms with Crippen LogP contribution in [0.15, 0.2) is 46.9 Å². The van der Waals surface area contributed by atoms with Crippen molar-refractivity contribution in [3.05, 3.63) is 65.7 Å². The molecule has 1 saturated carbocycles. The minimum atomic E-state index is -0.961. The number of amides is 1. The largest absolute Gasteiger partial charge is 0.459 e. The van der Waals surface area contributed by atoms with E-state index in [4.69, 9.17) is 4.42 Å². The van der Waals surface area contributed by atoms with Gasteiger partial charge in [-0.15, -0.1) is 0 Å². The minimum absolute atomic E-state index is 0.0680. The Hall–Kier alpha value is -3.22. The lowest BCUT2D eigenvalue weighted by atomic mass is 10.2. The third kappa shape index (κ3) is 2.83. The van der Waals surface area contributed by atoms with Crippen LogP contribution in [0.4, 0.5) is 8.78 Å². The molecule has 1 aliphatic carbocycles. The van der Waals surface area contributed by atoms with E-state index in [1.54, 1.807) is 13.0 Å². The molecule has 0 bridgehead atoms. The quantitative estimate of drug-likeness (QED) is 0.544. The minimum Gasteiger partial charge on any atom is -0.459 e. The zero-order valence-corrected chi connectivity index (χ0v) is 15.0. The summed E-state index contributed by atoms with van der Waals surface area (Å²) < 4.78 is 32.3. The van der Waals surface area contributed by atoms with Gasteiger partial charge >= 0.3 is 0 Å². The first-order chi connectivity index (χ1) is 13.5. The summed E-state index contributed by atoms with van der Waals surface area (Å²) in [7, 11) is 0. The van der Waals surface area contributed by atoms with Gasteiger partial charge in [-0.05, 0) is 37.6 Å². The van der Waals surface area contributed by atoms with E-state index in [9.17, 15) is 13.6 Å². The number of furan rings is 1. The number of rotatable bonds is 4. The second kappa shape index (κ2) is 6.15. The van der Waals surface area contributed by atoms with E-state index in [-0.39, 0.29) is 23.3 Å². The fourth-order valence-corrected chi connectivity index (χ4v) is 3.59. The molecule has 7 heteroatoms. The molecule has 4 aromatic rings. The molecule has 1 fully saturated rings. The first kappa shape index (κ1) is 16.9. The van der Waals surface area contributed by atoms with Crippen molar-refractivity contribution in [2.45, 2.75) is 25.3 Å². The van der Waals surface area contributed by atoms with Gasteiger partial charge < -0.3 is 14.7 Å². The Bertz CT molecular complexity index is 1140. The van der Waals surface area contributed by atoms with E-state index in [2.05, 4.69) is 15.3 Å². The van der Waals surface area contributed by atoms with Gasteiger partial charge in [-0.25, -0.2) is 13.8 Å². The molecule has 1 amide bonds. The van der Waals surface area contributed by atoms with E-state index in [0.29, 0.717) is 11.1 Å². The number of hydrogen-bond acceptors (Lipinski definition) is 3. The normalized spacial score (nSPS) is 19.8. The van der Waals surface area contributed by atoms with Crippen molar-refractivity contribution in [1.82, 2.24) is 15.3 Å². The van der Waals surface area contributed by atoms with Gasteiger partial charge in [-0.2, -0.15) is 0 Å². The van der Waals surface area contributed by atoms with Crippen LogP contribution in [0.25, 0.3) is 22.0 Å². The predicted octanol–water partition coefficient (Wildman–Crippen LogP) is 4.57. The number of carbonyl (C=O) groups is 1. The Kier molecular flexibility index (Phi) is 3.72. The number of halogens is 2. The summed E-state index contributed by atoms with van der Waals surface area (Å²) in [5.41, 5.74) is 2.10. The zero-order valence-electron chi connectivity index (χ0n) is 15.0. The average Bonchev–Trinajstić information content (AvgIpc) is 3.19. The highest BCUT2D eigenvalue weighted by Crippen LogP contribution is 2.47. The summed E-state index contributed by atoms with van der Waals surface area (Å²) in [6.45, 7) is 1.78. The van der Waals surface area contributed by atoms with Crippen LogP contribution in [0.1, 0.15) is 36.9 Å². The fraction of sp³-hybridized carbons (Fsp3) is 0.238. The van der Waals surface area contributed by atoms with Gasteiger partial charge in [0.1, 0.15) is 17.2 Å². The molecule has 28 heavy (non-hydrogen) atoms. The standard InChI is InChI=1S/C21H17F2N3O2/c1-10(18-7-11-6-14(22)15(23)9-19(11)28-18)24-21(27)13-8-12(13)20-25-16-4-2-3-5-17(16)26-20/h2-7,9-10,12-13H,8H2,1H3,(H,24,27)(H,25,26)/t10-,12+,13+/m1/s1. The van der Waals surface area contributed by atoms with Gasteiger partial charge in [-0.3, -0.25) is 4.79 Å². The van der Waals surface area contributed by atoms with Crippen LogP contribution in [-0.2, 0) is 4.79 Å². The third-order valence-corrected chi connectivity index (χ3v) is 5.25. The highest BCUT2D eigenvalue weighted by molar-refractivity contribution is 5.84. The molecule has 5 rings (SSSR count). The topological polar surface area (TPSA) is 70.9 Å². The number of hydrogen-bond donors (Lipinski definition) is 2. The molecule has 0 aliphatic heterocycles. The summed E-state index contributed by atoms with van der Waals surface area (Å²) in [5.74, 6) is -0.783. The van der Waals surface area contributed by atoms with Crippen LogP contribution in [0.5, 0.6) is 0 Å². The molecular formula is C21H17F2N3O2. The van der Waals surface area contributed by atoms with E-state index < -0.39 is 17.7 Å². The van der Waals surface area contributed by atoms with Crippen LogP contribution in [0.3, 0.4) is 0 Å². The fourth-order valence-electron chi connectivity index (χ4n) is 3.59. The number of H-pyrrole nitrogens is 1. The first-order valence-electron chi connectivity index (χ1n) is 9.13. The van der Waals surface area contributed by atoms with Gasteiger partial charge in [0, 0.05) is 23.3 Å². The van der Waals surface area contributed by atoms with Crippen LogP contribution in [0, 0.1) is 17.6 Å². The molecule has 0 saturated heterocycles. The van der Waals surface area contributed by atoms with Crippen molar-refractivity contribution in [2.24, 2.45) is 5.92 Å². The Labute approximate surface area is 158 Å². The Balaban J connectivity index is 1.29. The molecule has 3 atom stereocenters. The number of benzene rings is 2. The summed E-state index contributed by atoms with van der Waals surface area (Å²) >= 11 is 0. The number of aromatic amines is 1. The summed E-state index contributed by atoms with van der Waals surface area (Å²) in [6, 6.07) is 11.1. The SMILES string of the molecule is C[C@@H](NC(=O)[C@H]1C[C@@H]1c1nc2ccccc2[nH]1)c1cc2cc(F)c(F)cc2o1. The summed E-state index contributed by atoms with van der Waals surface area (Å²) in [4.78, 5) is 20.4. The molecule has 2 heterocycles. The maximum atomic E-state index is 13.4. The maximum absolute atomic E-state index is 13.4. The van der Waals surface area contributed by atoms with Crippen LogP contribution in [-0.4, -0.2) is 15.9 Å². The molecule has 5 nitrogen and oxygen atoms in total. The number of para-hydroxylation sites is 2. The highest BCUT2D eigenvalue weighted by atomic mass is 19.2. The van der Waals surface area contributed by atoms with Gasteiger partial charge in [0.05, 0.1) is 17.1 Å². The van der Waals surface area contributed by atoms with E-state index >= 15 is 0 Å². The Morgan fingerprint density at radius 1 is 1.25 bits per heavy atom. The summed E-state index contributed by atoms with van der Waals surface area (Å²) in [5, 5.41) is 3.38. The number of carbonyl (C=O) groups excluding carboxylic acids is 1. The predicted molar refractivity (Wildman–Crippen MR) is 99.6 cm³/mol. The molecule has 2 aromatic carbocycles. The van der Waals surface area contributed by atoms with Crippen LogP contribution < -0.4 is 5.32 Å². The number of fused-ring (bicyclic) bond motifs is 2. The van der Waals surface area contributed by atoms with Crippen molar-refractivity contribution in [2.75, 3.05) is 0 Å². The smallest absolute Gasteiger partial charge is 0.224 e. The molecule has 2 N–H and O–H groups in total. The molecule has 1 aliphatic rings. The Morgan fingerprint density at radius 2 is 2.04 bits per heavy atom. The van der Waals surface area contributed by atoms with E-state index in [1.807, 2.05) is 24.3 Å². The third-order valence-electron chi connectivity index (χ3n) is 5.25. The lowest BCUT2D eigenvalue weighted by Gasteiger charge is -2.11. The molecular weight excluding hydrogens is 364 g/mol. The van der Waals surface area contributed by atoms with E-state index in [1.165, 1.54) is 0 Å². The number of aromatic nitrogens is 2. The Morgan fingerprint density at radius 3 is 2.86 bits per heavy atom. The maximum Gasteiger partial charge on any atom is 0.224 e. The lowest BCUT2D eigenvalue weighted by molar-refractivity contribution is -0.123. The van der Waals surface area contributed by atoms with Crippen molar-refractivity contribution >= 4 is 27.9 Å². The molecule has 0 spiro atoms. The zero-order chi connectivity index (χ0) is 19.4. The number of nitrogens with one attached hydrogen (secondary N) is 2. The monoisotopic (exact) mass is 381 g/mol. The second-order valence-corrected chi connectivity index (χ2v) is 7.27. The van der Waals surface area contributed by atoms with Gasteiger partial charge in [0.2, 0.25) is 5.91 Å². The molecule has 142 valence electrons. The molecule has 0 radical (unpaired) electrons. The lowest BCUT2D eigenvalue weighted by Crippen LogP contribution is -2.28. The second-order valence-electron chi connectivity index (χ2n) is 7.27. The van der Waals surface area contributed by atoms with Crippen molar-refractivity contribution in [1.29, 1.82) is 0 Å². The van der Waals surface area contributed by atoms with Crippen LogP contribution in [0.2, 0.25) is 0 Å². The molecule has 0 unspecified atom stereocenters. The van der Waals surface area contributed by atoms with Crippen molar-refractivity contribution < 1.29 is 18.0 Å². The van der Waals surface area contributed by atoms with Gasteiger partial charge in [0.15, 0.2) is 11.6 Å². The van der Waals surface area contributed by atoms with E-state index in [0.717, 1.165) is 35.4 Å². The average molecular weight is 381 g/mol. The van der Waals surface area contributed by atoms with Crippen LogP contribution >= 0.6 is 0 Å². The molecule has 2 aromatic heterocycles. The van der Waals surface area contributed by atoms with Gasteiger partial charge in [0.25, 0.3) is 0 Å². The summed E-state index contributed by atoms with van der Waals surface area (Å²) in [6.07, 6.45) is 0.731. The number of nitrogens with zero attached hydrogens (tertiary/aromatic N) is 1. The van der Waals surface area contributed by atoms with Crippen molar-refractivity contribution in [3.8, 4) is 0 Å².